The van der Waals surface area contributed by atoms with Crippen molar-refractivity contribution in [1.29, 1.82) is 0 Å². The van der Waals surface area contributed by atoms with Crippen LogP contribution >= 0.6 is 0 Å². The summed E-state index contributed by atoms with van der Waals surface area (Å²) in [7, 11) is 1.74. The minimum atomic E-state index is -1.01. The molecule has 0 fully saturated rings. The third-order valence-corrected chi connectivity index (χ3v) is 3.31. The zero-order chi connectivity index (χ0) is 16.8. The van der Waals surface area contributed by atoms with Gasteiger partial charge in [0.25, 0.3) is 0 Å². The van der Waals surface area contributed by atoms with E-state index >= 15 is 0 Å². The standard InChI is InChI=1S/C16H19N3O4/c1-11-13(9-19(2)18-11)14(8-15(20)21)17-16(22)23-10-12-6-4-3-5-7-12/h3-7,9,14H,8,10H2,1-2H3,(H,17,22)(H,20,21). The van der Waals surface area contributed by atoms with Crippen molar-refractivity contribution in [2.45, 2.75) is 26.0 Å². The molecule has 2 N–H and O–H groups in total. The lowest BCUT2D eigenvalue weighted by Crippen LogP contribution is -2.30. The maximum atomic E-state index is 11.9. The molecule has 122 valence electrons. The monoisotopic (exact) mass is 317 g/mol. The Hall–Kier alpha value is -2.83. The predicted molar refractivity (Wildman–Crippen MR) is 82.7 cm³/mol. The van der Waals surface area contributed by atoms with Gasteiger partial charge in [0.2, 0.25) is 0 Å². The lowest BCUT2D eigenvalue weighted by Gasteiger charge is -2.16. The Kier molecular flexibility index (Phi) is 5.35. The normalized spacial score (nSPS) is 11.7. The minimum absolute atomic E-state index is 0.123. The molecule has 1 heterocycles. The van der Waals surface area contributed by atoms with Gasteiger partial charge in [-0.15, -0.1) is 0 Å². The summed E-state index contributed by atoms with van der Waals surface area (Å²) in [6, 6.07) is 8.56. The highest BCUT2D eigenvalue weighted by Gasteiger charge is 2.22. The second-order valence-corrected chi connectivity index (χ2v) is 5.20. The number of benzene rings is 1. The number of hydrogen-bond donors (Lipinski definition) is 2. The van der Waals surface area contributed by atoms with E-state index in [0.717, 1.165) is 5.56 Å². The number of carboxylic acids is 1. The van der Waals surface area contributed by atoms with Crippen LogP contribution in [-0.2, 0) is 23.2 Å². The number of carboxylic acid groups (broad SMARTS) is 1. The van der Waals surface area contributed by atoms with Crippen LogP contribution < -0.4 is 5.32 Å². The molecule has 0 saturated carbocycles. The fraction of sp³-hybridized carbons (Fsp3) is 0.312. The zero-order valence-corrected chi connectivity index (χ0v) is 13.0. The summed E-state index contributed by atoms with van der Waals surface area (Å²) in [6.07, 6.45) is 0.788. The summed E-state index contributed by atoms with van der Waals surface area (Å²) in [5.41, 5.74) is 2.18. The van der Waals surface area contributed by atoms with Gasteiger partial charge in [-0.05, 0) is 12.5 Å². The van der Waals surface area contributed by atoms with Gasteiger partial charge in [-0.3, -0.25) is 9.48 Å². The highest BCUT2D eigenvalue weighted by atomic mass is 16.5. The number of rotatable bonds is 6. The smallest absolute Gasteiger partial charge is 0.407 e. The van der Waals surface area contributed by atoms with Gasteiger partial charge in [0.15, 0.2) is 0 Å². The van der Waals surface area contributed by atoms with Gasteiger partial charge in [-0.25, -0.2) is 4.79 Å². The van der Waals surface area contributed by atoms with E-state index in [0.29, 0.717) is 11.3 Å². The van der Waals surface area contributed by atoms with Gasteiger partial charge in [-0.1, -0.05) is 30.3 Å². The summed E-state index contributed by atoms with van der Waals surface area (Å²) >= 11 is 0. The maximum Gasteiger partial charge on any atom is 0.407 e. The number of aliphatic carboxylic acids is 1. The minimum Gasteiger partial charge on any atom is -0.481 e. The number of alkyl carbamates (subject to hydrolysis) is 1. The molecule has 0 radical (unpaired) electrons. The Labute approximate surface area is 133 Å². The van der Waals surface area contributed by atoms with Gasteiger partial charge in [0, 0.05) is 18.8 Å². The van der Waals surface area contributed by atoms with E-state index in [1.54, 1.807) is 24.9 Å². The number of carbonyl (C=O) groups is 2. The van der Waals surface area contributed by atoms with Gasteiger partial charge >= 0.3 is 12.1 Å². The van der Waals surface area contributed by atoms with Crippen LogP contribution in [0.2, 0.25) is 0 Å². The molecule has 0 aliphatic carbocycles. The number of ether oxygens (including phenoxy) is 1. The fourth-order valence-electron chi connectivity index (χ4n) is 2.28. The Morgan fingerprint density at radius 1 is 1.35 bits per heavy atom. The Morgan fingerprint density at radius 2 is 2.04 bits per heavy atom. The van der Waals surface area contributed by atoms with Crippen LogP contribution in [-0.4, -0.2) is 26.9 Å². The summed E-state index contributed by atoms with van der Waals surface area (Å²) in [5.74, 6) is -1.01. The molecule has 1 atom stereocenters. The van der Waals surface area contributed by atoms with Crippen molar-refractivity contribution >= 4 is 12.1 Å². The van der Waals surface area contributed by atoms with Crippen LogP contribution in [0.1, 0.15) is 29.3 Å². The average Bonchev–Trinajstić information content (AvgIpc) is 2.84. The zero-order valence-electron chi connectivity index (χ0n) is 13.0. The largest absolute Gasteiger partial charge is 0.481 e. The van der Waals surface area contributed by atoms with Crippen molar-refractivity contribution in [3.8, 4) is 0 Å². The van der Waals surface area contributed by atoms with E-state index in [2.05, 4.69) is 10.4 Å². The molecule has 23 heavy (non-hydrogen) atoms. The van der Waals surface area contributed by atoms with Crippen LogP contribution in [0.5, 0.6) is 0 Å². The highest BCUT2D eigenvalue weighted by molar-refractivity contribution is 5.72. The van der Waals surface area contributed by atoms with Crippen molar-refractivity contribution in [3.05, 3.63) is 53.3 Å². The summed E-state index contributed by atoms with van der Waals surface area (Å²) in [6.45, 7) is 1.89. The summed E-state index contributed by atoms with van der Waals surface area (Å²) in [4.78, 5) is 23.0. The van der Waals surface area contributed by atoms with Crippen molar-refractivity contribution in [2.75, 3.05) is 0 Å². The molecule has 2 rings (SSSR count). The second kappa shape index (κ2) is 7.44. The Bertz CT molecular complexity index is 682. The van der Waals surface area contributed by atoms with Gasteiger partial charge in [0.1, 0.15) is 6.61 Å². The molecule has 0 aliphatic heterocycles. The first-order chi connectivity index (χ1) is 11.0. The summed E-state index contributed by atoms with van der Waals surface area (Å²) in [5, 5.41) is 15.8. The van der Waals surface area contributed by atoms with Gasteiger partial charge < -0.3 is 15.2 Å². The number of aryl methyl sites for hydroxylation is 2. The quantitative estimate of drug-likeness (QED) is 0.851. The van der Waals surface area contributed by atoms with E-state index in [-0.39, 0.29) is 13.0 Å². The van der Waals surface area contributed by atoms with Gasteiger partial charge in [-0.2, -0.15) is 5.10 Å². The van der Waals surface area contributed by atoms with Crippen molar-refractivity contribution < 1.29 is 19.4 Å². The summed E-state index contributed by atoms with van der Waals surface area (Å²) < 4.78 is 6.72. The molecule has 0 aliphatic rings. The second-order valence-electron chi connectivity index (χ2n) is 5.20. The topological polar surface area (TPSA) is 93.5 Å². The number of aromatic nitrogens is 2. The first kappa shape index (κ1) is 16.5. The number of carbonyl (C=O) groups excluding carboxylic acids is 1. The molecule has 1 aromatic heterocycles. The van der Waals surface area contributed by atoms with Crippen molar-refractivity contribution in [3.63, 3.8) is 0 Å². The number of hydrogen-bond acceptors (Lipinski definition) is 4. The molecule has 1 unspecified atom stereocenters. The molecule has 2 aromatic rings. The van der Waals surface area contributed by atoms with E-state index in [1.807, 2.05) is 30.3 Å². The molecule has 0 spiro atoms. The number of amides is 1. The van der Waals surface area contributed by atoms with Crippen LogP contribution in [0.25, 0.3) is 0 Å². The van der Waals surface area contributed by atoms with Crippen LogP contribution in [0.15, 0.2) is 36.5 Å². The number of nitrogens with zero attached hydrogens (tertiary/aromatic N) is 2. The first-order valence-corrected chi connectivity index (χ1v) is 7.15. The molecule has 0 saturated heterocycles. The molecular weight excluding hydrogens is 298 g/mol. The lowest BCUT2D eigenvalue weighted by atomic mass is 10.1. The first-order valence-electron chi connectivity index (χ1n) is 7.15. The fourth-order valence-corrected chi connectivity index (χ4v) is 2.28. The van der Waals surface area contributed by atoms with Crippen LogP contribution in [0.4, 0.5) is 4.79 Å². The number of nitrogens with one attached hydrogen (secondary N) is 1. The maximum absolute atomic E-state index is 11.9. The van der Waals surface area contributed by atoms with E-state index < -0.39 is 18.1 Å². The predicted octanol–water partition coefficient (Wildman–Crippen LogP) is 2.17. The highest BCUT2D eigenvalue weighted by Crippen LogP contribution is 2.20. The van der Waals surface area contributed by atoms with E-state index in [4.69, 9.17) is 9.84 Å². The van der Waals surface area contributed by atoms with E-state index in [1.165, 1.54) is 0 Å². The SMILES string of the molecule is Cc1nn(C)cc1C(CC(=O)O)NC(=O)OCc1ccccc1. The van der Waals surface area contributed by atoms with Crippen LogP contribution in [0, 0.1) is 6.92 Å². The van der Waals surface area contributed by atoms with Crippen LogP contribution in [0.3, 0.4) is 0 Å². The molecular formula is C16H19N3O4. The molecule has 1 aromatic carbocycles. The Balaban J connectivity index is 2.01. The van der Waals surface area contributed by atoms with Crippen molar-refractivity contribution in [1.82, 2.24) is 15.1 Å². The molecule has 7 nitrogen and oxygen atoms in total. The molecule has 0 bridgehead atoms. The molecule has 7 heteroatoms. The third-order valence-electron chi connectivity index (χ3n) is 3.31. The van der Waals surface area contributed by atoms with Gasteiger partial charge in [0.05, 0.1) is 18.2 Å². The third kappa shape index (κ3) is 4.84. The Morgan fingerprint density at radius 3 is 2.61 bits per heavy atom. The van der Waals surface area contributed by atoms with Crippen molar-refractivity contribution in [2.24, 2.45) is 7.05 Å². The lowest BCUT2D eigenvalue weighted by molar-refractivity contribution is -0.137. The molecule has 1 amide bonds. The van der Waals surface area contributed by atoms with E-state index in [9.17, 15) is 9.59 Å². The average molecular weight is 317 g/mol.